The standard InChI is InChI=1S/C9H14O3/c1-3-9(11)12-8(2)6-4-5-7-10/h3,7-8H,1,4-6H2,2H3. The summed E-state index contributed by atoms with van der Waals surface area (Å²) in [4.78, 5) is 20.6. The number of esters is 1. The van der Waals surface area contributed by atoms with E-state index in [1.807, 2.05) is 0 Å². The fourth-order valence-electron chi connectivity index (χ4n) is 0.794. The van der Waals surface area contributed by atoms with Crippen molar-refractivity contribution in [3.8, 4) is 0 Å². The number of hydrogen-bond donors (Lipinski definition) is 0. The molecule has 0 N–H and O–H groups in total. The molecule has 0 fully saturated rings. The Balaban J connectivity index is 3.44. The molecule has 0 radical (unpaired) electrons. The van der Waals surface area contributed by atoms with E-state index < -0.39 is 5.97 Å². The Kier molecular flexibility index (Phi) is 5.97. The number of hydrogen-bond acceptors (Lipinski definition) is 3. The molecule has 0 aromatic heterocycles. The molecule has 1 atom stereocenters. The molecule has 0 aliphatic heterocycles. The van der Waals surface area contributed by atoms with Crippen molar-refractivity contribution < 1.29 is 14.3 Å². The maximum Gasteiger partial charge on any atom is 0.330 e. The van der Waals surface area contributed by atoms with Crippen LogP contribution in [0.3, 0.4) is 0 Å². The van der Waals surface area contributed by atoms with E-state index in [1.54, 1.807) is 6.92 Å². The number of aldehydes is 1. The molecule has 0 aliphatic rings. The van der Waals surface area contributed by atoms with Crippen LogP contribution in [0.25, 0.3) is 0 Å². The lowest BCUT2D eigenvalue weighted by molar-refractivity contribution is -0.142. The highest BCUT2D eigenvalue weighted by atomic mass is 16.5. The maximum atomic E-state index is 10.6. The molecule has 68 valence electrons. The van der Waals surface area contributed by atoms with Crippen molar-refractivity contribution in [3.63, 3.8) is 0 Å². The lowest BCUT2D eigenvalue weighted by Crippen LogP contribution is -2.12. The van der Waals surface area contributed by atoms with Crippen molar-refractivity contribution in [2.75, 3.05) is 0 Å². The summed E-state index contributed by atoms with van der Waals surface area (Å²) in [6, 6.07) is 0. The third-order valence-electron chi connectivity index (χ3n) is 1.42. The van der Waals surface area contributed by atoms with Crippen LogP contribution in [-0.4, -0.2) is 18.4 Å². The van der Waals surface area contributed by atoms with E-state index in [9.17, 15) is 9.59 Å². The van der Waals surface area contributed by atoms with Gasteiger partial charge in [-0.3, -0.25) is 0 Å². The fourth-order valence-corrected chi connectivity index (χ4v) is 0.794. The third-order valence-corrected chi connectivity index (χ3v) is 1.42. The van der Waals surface area contributed by atoms with Gasteiger partial charge in [-0.1, -0.05) is 6.58 Å². The summed E-state index contributed by atoms with van der Waals surface area (Å²) >= 11 is 0. The molecule has 0 amide bonds. The number of carbonyl (C=O) groups is 2. The number of carbonyl (C=O) groups excluding carboxylic acids is 2. The summed E-state index contributed by atoms with van der Waals surface area (Å²) in [6.45, 7) is 5.08. The zero-order valence-electron chi connectivity index (χ0n) is 7.29. The largest absolute Gasteiger partial charge is 0.460 e. The monoisotopic (exact) mass is 170 g/mol. The van der Waals surface area contributed by atoms with Crippen molar-refractivity contribution >= 4 is 12.3 Å². The third kappa shape index (κ3) is 5.65. The highest BCUT2D eigenvalue weighted by Crippen LogP contribution is 2.03. The Bertz CT molecular complexity index is 163. The molecule has 12 heavy (non-hydrogen) atoms. The highest BCUT2D eigenvalue weighted by Gasteiger charge is 2.04. The first-order valence-corrected chi connectivity index (χ1v) is 3.97. The Hall–Kier alpha value is -1.12. The van der Waals surface area contributed by atoms with Gasteiger partial charge in [0.2, 0.25) is 0 Å². The molecule has 0 aromatic carbocycles. The van der Waals surface area contributed by atoms with E-state index >= 15 is 0 Å². The molecule has 0 bridgehead atoms. The minimum atomic E-state index is -0.409. The molecule has 0 rings (SSSR count). The van der Waals surface area contributed by atoms with E-state index in [0.29, 0.717) is 6.42 Å². The van der Waals surface area contributed by atoms with Gasteiger partial charge in [-0.05, 0) is 19.8 Å². The van der Waals surface area contributed by atoms with Gasteiger partial charge in [0, 0.05) is 12.5 Å². The van der Waals surface area contributed by atoms with Gasteiger partial charge in [-0.25, -0.2) is 4.79 Å². The van der Waals surface area contributed by atoms with Crippen LogP contribution in [0.5, 0.6) is 0 Å². The van der Waals surface area contributed by atoms with Crippen LogP contribution >= 0.6 is 0 Å². The van der Waals surface area contributed by atoms with Gasteiger partial charge in [0.15, 0.2) is 0 Å². The molecule has 0 saturated carbocycles. The first-order chi connectivity index (χ1) is 5.70. The highest BCUT2D eigenvalue weighted by molar-refractivity contribution is 5.81. The summed E-state index contributed by atoms with van der Waals surface area (Å²) in [7, 11) is 0. The van der Waals surface area contributed by atoms with E-state index in [1.165, 1.54) is 0 Å². The van der Waals surface area contributed by atoms with Crippen LogP contribution in [0.2, 0.25) is 0 Å². The van der Waals surface area contributed by atoms with Crippen LogP contribution in [0.15, 0.2) is 12.7 Å². The molecule has 3 nitrogen and oxygen atoms in total. The van der Waals surface area contributed by atoms with Crippen molar-refractivity contribution in [1.82, 2.24) is 0 Å². The van der Waals surface area contributed by atoms with Crippen LogP contribution in [0, 0.1) is 0 Å². The average Bonchev–Trinajstić information content (AvgIpc) is 2.05. The number of rotatable bonds is 6. The molecule has 0 saturated heterocycles. The first kappa shape index (κ1) is 10.9. The molecule has 0 spiro atoms. The van der Waals surface area contributed by atoms with Crippen molar-refractivity contribution in [3.05, 3.63) is 12.7 Å². The molecular weight excluding hydrogens is 156 g/mol. The van der Waals surface area contributed by atoms with Gasteiger partial charge in [0.05, 0.1) is 6.10 Å². The lowest BCUT2D eigenvalue weighted by Gasteiger charge is -2.09. The first-order valence-electron chi connectivity index (χ1n) is 3.97. The second kappa shape index (κ2) is 6.58. The van der Waals surface area contributed by atoms with Crippen LogP contribution in [-0.2, 0) is 14.3 Å². The minimum absolute atomic E-state index is 0.129. The summed E-state index contributed by atoms with van der Waals surface area (Å²) in [5.74, 6) is -0.409. The fraction of sp³-hybridized carbons (Fsp3) is 0.556. The predicted molar refractivity (Wildman–Crippen MR) is 45.7 cm³/mol. The lowest BCUT2D eigenvalue weighted by atomic mass is 10.2. The van der Waals surface area contributed by atoms with Gasteiger partial charge >= 0.3 is 5.97 Å². The van der Waals surface area contributed by atoms with Crippen LogP contribution < -0.4 is 0 Å². The summed E-state index contributed by atoms with van der Waals surface area (Å²) < 4.78 is 4.87. The van der Waals surface area contributed by atoms with E-state index in [-0.39, 0.29) is 6.10 Å². The van der Waals surface area contributed by atoms with E-state index in [2.05, 4.69) is 6.58 Å². The maximum absolute atomic E-state index is 10.6. The molecule has 0 heterocycles. The molecular formula is C9H14O3. The SMILES string of the molecule is C=CC(=O)OC(C)CCCC=O. The second-order valence-electron chi connectivity index (χ2n) is 2.55. The van der Waals surface area contributed by atoms with Crippen molar-refractivity contribution in [2.24, 2.45) is 0 Å². The summed E-state index contributed by atoms with van der Waals surface area (Å²) in [5.41, 5.74) is 0. The molecule has 1 unspecified atom stereocenters. The van der Waals surface area contributed by atoms with Crippen LogP contribution in [0.4, 0.5) is 0 Å². The van der Waals surface area contributed by atoms with Gasteiger partial charge < -0.3 is 9.53 Å². The Morgan fingerprint density at radius 1 is 1.67 bits per heavy atom. The Morgan fingerprint density at radius 3 is 2.83 bits per heavy atom. The van der Waals surface area contributed by atoms with Gasteiger partial charge in [0.1, 0.15) is 6.29 Å². The average molecular weight is 170 g/mol. The predicted octanol–water partition coefficient (Wildman–Crippen LogP) is 1.47. The molecule has 3 heteroatoms. The normalized spacial score (nSPS) is 11.8. The van der Waals surface area contributed by atoms with Gasteiger partial charge in [-0.2, -0.15) is 0 Å². The Morgan fingerprint density at radius 2 is 2.33 bits per heavy atom. The number of ether oxygens (including phenoxy) is 1. The summed E-state index contributed by atoms with van der Waals surface area (Å²) in [5, 5.41) is 0. The smallest absolute Gasteiger partial charge is 0.330 e. The summed E-state index contributed by atoms with van der Waals surface area (Å²) in [6.07, 6.45) is 3.87. The minimum Gasteiger partial charge on any atom is -0.460 e. The van der Waals surface area contributed by atoms with Crippen LogP contribution in [0.1, 0.15) is 26.2 Å². The topological polar surface area (TPSA) is 43.4 Å². The zero-order chi connectivity index (χ0) is 9.40. The van der Waals surface area contributed by atoms with Crippen molar-refractivity contribution in [2.45, 2.75) is 32.3 Å². The second-order valence-corrected chi connectivity index (χ2v) is 2.55. The quantitative estimate of drug-likeness (QED) is 0.262. The molecule has 0 aliphatic carbocycles. The van der Waals surface area contributed by atoms with E-state index in [0.717, 1.165) is 25.2 Å². The molecule has 0 aromatic rings. The van der Waals surface area contributed by atoms with Gasteiger partial charge in [0.25, 0.3) is 0 Å². The van der Waals surface area contributed by atoms with E-state index in [4.69, 9.17) is 4.74 Å². The Labute approximate surface area is 72.4 Å². The number of unbranched alkanes of at least 4 members (excludes halogenated alkanes) is 1. The van der Waals surface area contributed by atoms with Crippen molar-refractivity contribution in [1.29, 1.82) is 0 Å². The zero-order valence-corrected chi connectivity index (χ0v) is 7.29. The van der Waals surface area contributed by atoms with Gasteiger partial charge in [-0.15, -0.1) is 0 Å².